The lowest BCUT2D eigenvalue weighted by Crippen LogP contribution is -2.22. The maximum atomic E-state index is 12.2. The van der Waals surface area contributed by atoms with Gasteiger partial charge in [-0.1, -0.05) is 44.2 Å². The van der Waals surface area contributed by atoms with Gasteiger partial charge < -0.3 is 10.0 Å². The molecule has 4 heteroatoms. The summed E-state index contributed by atoms with van der Waals surface area (Å²) in [6, 6.07) is 14.9. The largest absolute Gasteiger partial charge is 0.478 e. The lowest BCUT2D eigenvalue weighted by atomic mass is 9.76. The third-order valence-corrected chi connectivity index (χ3v) is 7.50. The average molecular weight is 420 g/mol. The van der Waals surface area contributed by atoms with Crippen LogP contribution in [0.15, 0.2) is 42.5 Å². The number of benzene rings is 2. The van der Waals surface area contributed by atoms with Crippen molar-refractivity contribution in [2.75, 3.05) is 19.0 Å². The van der Waals surface area contributed by atoms with Crippen molar-refractivity contribution in [2.45, 2.75) is 40.0 Å². The molecule has 4 rings (SSSR count). The molecule has 1 heterocycles. The molecule has 0 spiro atoms. The number of carboxylic acid groups (broad SMARTS) is 1. The first-order valence-corrected chi connectivity index (χ1v) is 11.2. The maximum Gasteiger partial charge on any atom is 0.337 e. The van der Waals surface area contributed by atoms with Gasteiger partial charge in [-0.2, -0.15) is 0 Å². The number of rotatable bonds is 4. The second kappa shape index (κ2) is 7.59. The van der Waals surface area contributed by atoms with E-state index in [4.69, 9.17) is 0 Å². The summed E-state index contributed by atoms with van der Waals surface area (Å²) in [6.45, 7) is 6.56. The van der Waals surface area contributed by atoms with Crippen LogP contribution in [0.5, 0.6) is 0 Å². The van der Waals surface area contributed by atoms with Crippen LogP contribution in [0.25, 0.3) is 21.6 Å². The summed E-state index contributed by atoms with van der Waals surface area (Å²) in [7, 11) is 4.07. The van der Waals surface area contributed by atoms with Crippen LogP contribution in [-0.2, 0) is 12.8 Å². The summed E-state index contributed by atoms with van der Waals surface area (Å²) >= 11 is 1.68. The minimum atomic E-state index is -0.803. The maximum absolute atomic E-state index is 12.2. The fourth-order valence-electron chi connectivity index (χ4n) is 4.39. The Balaban J connectivity index is 1.75. The quantitative estimate of drug-likeness (QED) is 0.513. The summed E-state index contributed by atoms with van der Waals surface area (Å²) in [5.74, 6) is -0.803. The van der Waals surface area contributed by atoms with Crippen molar-refractivity contribution < 1.29 is 9.90 Å². The van der Waals surface area contributed by atoms with Crippen LogP contribution < -0.4 is 4.90 Å². The summed E-state index contributed by atoms with van der Waals surface area (Å²) in [5, 5.41) is 10.0. The molecule has 0 bridgehead atoms. The Labute approximate surface area is 183 Å². The van der Waals surface area contributed by atoms with Crippen molar-refractivity contribution in [3.63, 3.8) is 0 Å². The molecule has 1 aromatic heterocycles. The highest BCUT2D eigenvalue weighted by molar-refractivity contribution is 7.16. The van der Waals surface area contributed by atoms with Crippen LogP contribution in [0, 0.1) is 12.3 Å². The van der Waals surface area contributed by atoms with Gasteiger partial charge in [-0.25, -0.2) is 4.79 Å². The van der Waals surface area contributed by atoms with Crippen molar-refractivity contribution in [3.8, 4) is 21.6 Å². The first kappa shape index (κ1) is 20.7. The molecule has 1 aliphatic rings. The second-order valence-corrected chi connectivity index (χ2v) is 10.4. The summed E-state index contributed by atoms with van der Waals surface area (Å²) in [4.78, 5) is 16.5. The number of nitrogens with zero attached hydrogens (tertiary/aromatic N) is 1. The highest BCUT2D eigenvalue weighted by Crippen LogP contribution is 2.46. The molecule has 2 aromatic carbocycles. The second-order valence-electron chi connectivity index (χ2n) is 9.33. The summed E-state index contributed by atoms with van der Waals surface area (Å²) in [5.41, 5.74) is 7.39. The number of aryl methyl sites for hydroxylation is 2. The zero-order valence-electron chi connectivity index (χ0n) is 18.4. The number of thiophene rings is 1. The number of hydrogen-bond donors (Lipinski definition) is 1. The van der Waals surface area contributed by atoms with E-state index >= 15 is 0 Å². The topological polar surface area (TPSA) is 40.5 Å². The molecule has 156 valence electrons. The van der Waals surface area contributed by atoms with E-state index in [1.165, 1.54) is 16.1 Å². The van der Waals surface area contributed by atoms with E-state index in [0.717, 1.165) is 46.4 Å². The van der Waals surface area contributed by atoms with E-state index in [1.54, 1.807) is 11.3 Å². The van der Waals surface area contributed by atoms with Crippen molar-refractivity contribution >= 4 is 23.0 Å². The SMILES string of the molecule is Cc1cc(-c2ccc(N(C)C)cc2)ccc1-c1sc2c(c1C(=O)O)CC(C)(C)CC2. The third-order valence-electron chi connectivity index (χ3n) is 6.18. The number of fused-ring (bicyclic) bond motifs is 1. The minimum Gasteiger partial charge on any atom is -0.478 e. The summed E-state index contributed by atoms with van der Waals surface area (Å²) in [6.07, 6.45) is 2.93. The van der Waals surface area contributed by atoms with Crippen molar-refractivity contribution in [1.29, 1.82) is 0 Å². The molecule has 0 unspecified atom stereocenters. The number of carboxylic acids is 1. The van der Waals surface area contributed by atoms with Crippen molar-refractivity contribution in [2.24, 2.45) is 5.41 Å². The van der Waals surface area contributed by atoms with Crippen LogP contribution in [0.2, 0.25) is 0 Å². The molecule has 1 N–H and O–H groups in total. The zero-order valence-corrected chi connectivity index (χ0v) is 19.2. The van der Waals surface area contributed by atoms with E-state index in [1.807, 2.05) is 14.1 Å². The van der Waals surface area contributed by atoms with Gasteiger partial charge in [-0.05, 0) is 71.6 Å². The fraction of sp³-hybridized carbons (Fsp3) is 0.346. The van der Waals surface area contributed by atoms with Gasteiger partial charge in [-0.15, -0.1) is 11.3 Å². The fourth-order valence-corrected chi connectivity index (χ4v) is 5.79. The monoisotopic (exact) mass is 419 g/mol. The molecule has 0 saturated carbocycles. The number of carbonyl (C=O) groups is 1. The standard InChI is InChI=1S/C26H29NO2S/c1-16-14-18(17-6-9-19(10-7-17)27(4)5)8-11-20(16)24-23(25(28)29)21-15-26(2,3)13-12-22(21)30-24/h6-11,14H,12-13,15H2,1-5H3,(H,28,29). The van der Waals surface area contributed by atoms with Crippen molar-refractivity contribution in [3.05, 3.63) is 64.0 Å². The number of hydrogen-bond acceptors (Lipinski definition) is 3. The van der Waals surface area contributed by atoms with Crippen LogP contribution in [0.3, 0.4) is 0 Å². The van der Waals surface area contributed by atoms with Gasteiger partial charge in [0.25, 0.3) is 0 Å². The van der Waals surface area contributed by atoms with Crippen LogP contribution in [0.1, 0.15) is 46.6 Å². The van der Waals surface area contributed by atoms with Gasteiger partial charge in [0.05, 0.1) is 5.56 Å². The van der Waals surface area contributed by atoms with Crippen LogP contribution in [0.4, 0.5) is 5.69 Å². The molecule has 0 amide bonds. The Morgan fingerprint density at radius 2 is 1.73 bits per heavy atom. The zero-order chi connectivity index (χ0) is 21.6. The Morgan fingerprint density at radius 1 is 1.07 bits per heavy atom. The predicted octanol–water partition coefficient (Wildman–Crippen LogP) is 6.67. The Morgan fingerprint density at radius 3 is 2.33 bits per heavy atom. The van der Waals surface area contributed by atoms with Gasteiger partial charge in [0.2, 0.25) is 0 Å². The third kappa shape index (κ3) is 3.77. The van der Waals surface area contributed by atoms with E-state index in [-0.39, 0.29) is 5.41 Å². The average Bonchev–Trinajstić information content (AvgIpc) is 3.05. The first-order valence-electron chi connectivity index (χ1n) is 10.4. The molecule has 0 saturated heterocycles. The van der Waals surface area contributed by atoms with Crippen LogP contribution >= 0.6 is 11.3 Å². The minimum absolute atomic E-state index is 0.160. The van der Waals surface area contributed by atoms with Gasteiger partial charge in [0.15, 0.2) is 0 Å². The molecule has 0 aliphatic heterocycles. The Kier molecular flexibility index (Phi) is 5.23. The van der Waals surface area contributed by atoms with E-state index in [0.29, 0.717) is 5.56 Å². The smallest absolute Gasteiger partial charge is 0.337 e. The molecular weight excluding hydrogens is 390 g/mol. The lowest BCUT2D eigenvalue weighted by molar-refractivity contribution is 0.0696. The highest BCUT2D eigenvalue weighted by Gasteiger charge is 2.33. The Bertz CT molecular complexity index is 1110. The molecule has 0 atom stereocenters. The number of anilines is 1. The van der Waals surface area contributed by atoms with Crippen molar-refractivity contribution in [1.82, 2.24) is 0 Å². The van der Waals surface area contributed by atoms with Gasteiger partial charge in [0, 0.05) is 29.5 Å². The van der Waals surface area contributed by atoms with E-state index in [2.05, 4.69) is 68.1 Å². The molecule has 3 aromatic rings. The first-order chi connectivity index (χ1) is 14.2. The van der Waals surface area contributed by atoms with Gasteiger partial charge in [-0.3, -0.25) is 0 Å². The predicted molar refractivity (Wildman–Crippen MR) is 127 cm³/mol. The normalized spacial score (nSPS) is 15.0. The highest BCUT2D eigenvalue weighted by atomic mass is 32.1. The molecular formula is C26H29NO2S. The molecule has 0 radical (unpaired) electrons. The molecule has 0 fully saturated rings. The van der Waals surface area contributed by atoms with E-state index < -0.39 is 5.97 Å². The molecule has 3 nitrogen and oxygen atoms in total. The number of aromatic carboxylic acids is 1. The Hall–Kier alpha value is -2.59. The summed E-state index contributed by atoms with van der Waals surface area (Å²) < 4.78 is 0. The van der Waals surface area contributed by atoms with Gasteiger partial charge in [0.1, 0.15) is 0 Å². The van der Waals surface area contributed by atoms with E-state index in [9.17, 15) is 9.90 Å². The molecule has 1 aliphatic carbocycles. The van der Waals surface area contributed by atoms with Gasteiger partial charge >= 0.3 is 5.97 Å². The molecule has 30 heavy (non-hydrogen) atoms. The lowest BCUT2D eigenvalue weighted by Gasteiger charge is -2.29. The van der Waals surface area contributed by atoms with Crippen LogP contribution in [-0.4, -0.2) is 25.2 Å².